The molecule has 4 nitrogen and oxygen atoms in total. The van der Waals surface area contributed by atoms with Gasteiger partial charge in [-0.05, 0) is 51.4 Å². The fourth-order valence-electron chi connectivity index (χ4n) is 2.63. The van der Waals surface area contributed by atoms with Gasteiger partial charge in [-0.25, -0.2) is 10.2 Å². The molecule has 104 valence electrons. The van der Waals surface area contributed by atoms with E-state index in [4.69, 9.17) is 4.74 Å². The molecule has 1 fully saturated rings. The second-order valence-corrected chi connectivity index (χ2v) is 7.15. The van der Waals surface area contributed by atoms with E-state index in [1.54, 1.807) is 0 Å². The molecule has 0 aromatic rings. The summed E-state index contributed by atoms with van der Waals surface area (Å²) in [4.78, 5) is 11.5. The van der Waals surface area contributed by atoms with Gasteiger partial charge in [0.25, 0.3) is 0 Å². The first-order valence-electron chi connectivity index (χ1n) is 6.62. The molecule has 0 heterocycles. The molecule has 0 radical (unpaired) electrons. The SMILES string of the molecule is CC1CC(=NNC(=O)OC(C)(C)C)CC(C)(C)C1. The molecule has 4 heteroatoms. The van der Waals surface area contributed by atoms with Crippen molar-refractivity contribution in [3.8, 4) is 0 Å². The highest BCUT2D eigenvalue weighted by atomic mass is 16.6. The Bertz CT molecular complexity index is 340. The molecule has 1 amide bonds. The van der Waals surface area contributed by atoms with E-state index in [0.717, 1.165) is 18.6 Å². The molecule has 1 aliphatic carbocycles. The normalized spacial score (nSPS) is 25.9. The van der Waals surface area contributed by atoms with Gasteiger partial charge in [0, 0.05) is 5.71 Å². The van der Waals surface area contributed by atoms with Crippen molar-refractivity contribution < 1.29 is 9.53 Å². The van der Waals surface area contributed by atoms with Crippen LogP contribution < -0.4 is 5.43 Å². The quantitative estimate of drug-likeness (QED) is 0.725. The van der Waals surface area contributed by atoms with Gasteiger partial charge in [0.1, 0.15) is 5.60 Å². The second kappa shape index (κ2) is 5.29. The van der Waals surface area contributed by atoms with Crippen molar-refractivity contribution in [1.82, 2.24) is 5.43 Å². The Labute approximate surface area is 110 Å². The molecular formula is C14H26N2O2. The third-order valence-electron chi connectivity index (χ3n) is 2.87. The summed E-state index contributed by atoms with van der Waals surface area (Å²) in [7, 11) is 0. The predicted molar refractivity (Wildman–Crippen MR) is 73.6 cm³/mol. The maximum Gasteiger partial charge on any atom is 0.428 e. The van der Waals surface area contributed by atoms with Crippen LogP contribution in [0.15, 0.2) is 5.10 Å². The van der Waals surface area contributed by atoms with E-state index in [0.29, 0.717) is 5.92 Å². The van der Waals surface area contributed by atoms with E-state index >= 15 is 0 Å². The number of nitrogens with zero attached hydrogens (tertiary/aromatic N) is 1. The van der Waals surface area contributed by atoms with Gasteiger partial charge in [0.2, 0.25) is 0 Å². The van der Waals surface area contributed by atoms with Crippen molar-refractivity contribution in [3.63, 3.8) is 0 Å². The fourth-order valence-corrected chi connectivity index (χ4v) is 2.63. The summed E-state index contributed by atoms with van der Waals surface area (Å²) in [5.74, 6) is 0.618. The molecule has 0 aliphatic heterocycles. The number of amides is 1. The Morgan fingerprint density at radius 2 is 2.06 bits per heavy atom. The van der Waals surface area contributed by atoms with Crippen LogP contribution >= 0.6 is 0 Å². The Balaban J connectivity index is 2.54. The second-order valence-electron chi connectivity index (χ2n) is 7.15. The molecule has 18 heavy (non-hydrogen) atoms. The average Bonchev–Trinajstić information content (AvgIpc) is 2.08. The van der Waals surface area contributed by atoms with Crippen LogP contribution in [-0.2, 0) is 4.74 Å². The maximum absolute atomic E-state index is 11.5. The Morgan fingerprint density at radius 1 is 1.44 bits per heavy atom. The number of ether oxygens (including phenoxy) is 1. The van der Waals surface area contributed by atoms with Crippen molar-refractivity contribution >= 4 is 11.8 Å². The number of hydrogen-bond acceptors (Lipinski definition) is 3. The highest BCUT2D eigenvalue weighted by Gasteiger charge is 2.29. The van der Waals surface area contributed by atoms with Crippen LogP contribution in [0.25, 0.3) is 0 Å². The first-order valence-corrected chi connectivity index (χ1v) is 6.62. The molecular weight excluding hydrogens is 228 g/mol. The summed E-state index contributed by atoms with van der Waals surface area (Å²) in [6.45, 7) is 12.2. The third kappa shape index (κ3) is 5.52. The van der Waals surface area contributed by atoms with Crippen molar-refractivity contribution in [2.24, 2.45) is 16.4 Å². The average molecular weight is 254 g/mol. The monoisotopic (exact) mass is 254 g/mol. The summed E-state index contributed by atoms with van der Waals surface area (Å²) >= 11 is 0. The fraction of sp³-hybridized carbons (Fsp3) is 0.857. The summed E-state index contributed by atoms with van der Waals surface area (Å²) in [6.07, 6.45) is 2.62. The van der Waals surface area contributed by atoms with Crippen LogP contribution in [-0.4, -0.2) is 17.4 Å². The van der Waals surface area contributed by atoms with Gasteiger partial charge in [0.15, 0.2) is 0 Å². The minimum Gasteiger partial charge on any atom is -0.443 e. The largest absolute Gasteiger partial charge is 0.443 e. The Hall–Kier alpha value is -1.06. The molecule has 1 rings (SSSR count). The first kappa shape index (κ1) is 15.0. The van der Waals surface area contributed by atoms with E-state index in [1.807, 2.05) is 20.8 Å². The van der Waals surface area contributed by atoms with E-state index in [2.05, 4.69) is 31.3 Å². The molecule has 1 N–H and O–H groups in total. The Morgan fingerprint density at radius 3 is 2.56 bits per heavy atom. The van der Waals surface area contributed by atoms with Crippen molar-refractivity contribution in [2.45, 2.75) is 66.4 Å². The maximum atomic E-state index is 11.5. The number of nitrogens with one attached hydrogen (secondary N) is 1. The lowest BCUT2D eigenvalue weighted by molar-refractivity contribution is 0.0528. The molecule has 1 aliphatic rings. The molecule has 1 saturated carbocycles. The zero-order valence-corrected chi connectivity index (χ0v) is 12.5. The van der Waals surface area contributed by atoms with Crippen LogP contribution in [0.5, 0.6) is 0 Å². The zero-order chi connectivity index (χ0) is 14.0. The zero-order valence-electron chi connectivity index (χ0n) is 12.5. The summed E-state index contributed by atoms with van der Waals surface area (Å²) in [5.41, 5.74) is 3.34. The minimum atomic E-state index is -0.483. The van der Waals surface area contributed by atoms with Gasteiger partial charge >= 0.3 is 6.09 Å². The van der Waals surface area contributed by atoms with E-state index < -0.39 is 11.7 Å². The molecule has 0 spiro atoms. The summed E-state index contributed by atoms with van der Waals surface area (Å²) in [6, 6.07) is 0. The molecule has 1 atom stereocenters. The Kier molecular flexibility index (Phi) is 4.41. The highest BCUT2D eigenvalue weighted by Crippen LogP contribution is 2.36. The molecule has 0 bridgehead atoms. The molecule has 0 aromatic heterocycles. The van der Waals surface area contributed by atoms with Gasteiger partial charge in [0.05, 0.1) is 0 Å². The van der Waals surface area contributed by atoms with Crippen LogP contribution in [0.3, 0.4) is 0 Å². The number of hydrazone groups is 1. The smallest absolute Gasteiger partial charge is 0.428 e. The van der Waals surface area contributed by atoms with Crippen LogP contribution in [0, 0.1) is 11.3 Å². The van der Waals surface area contributed by atoms with Gasteiger partial charge < -0.3 is 4.74 Å². The lowest BCUT2D eigenvalue weighted by atomic mass is 9.72. The van der Waals surface area contributed by atoms with Gasteiger partial charge in [-0.1, -0.05) is 20.8 Å². The minimum absolute atomic E-state index is 0.270. The van der Waals surface area contributed by atoms with E-state index in [1.165, 1.54) is 6.42 Å². The standard InChI is InChI=1S/C14H26N2O2/c1-10-7-11(9-14(5,6)8-10)15-16-12(17)18-13(2,3)4/h10H,7-9H2,1-6H3,(H,16,17). The topological polar surface area (TPSA) is 50.7 Å². The summed E-state index contributed by atoms with van der Waals surface area (Å²) in [5, 5.41) is 4.21. The molecule has 1 unspecified atom stereocenters. The third-order valence-corrected chi connectivity index (χ3v) is 2.87. The number of hydrogen-bond donors (Lipinski definition) is 1. The first-order chi connectivity index (χ1) is 8.07. The van der Waals surface area contributed by atoms with Crippen LogP contribution in [0.4, 0.5) is 4.79 Å². The number of rotatable bonds is 1. The van der Waals surface area contributed by atoms with Crippen molar-refractivity contribution in [1.29, 1.82) is 0 Å². The van der Waals surface area contributed by atoms with Gasteiger partial charge in [-0.2, -0.15) is 5.10 Å². The molecule has 0 saturated heterocycles. The van der Waals surface area contributed by atoms with Gasteiger partial charge in [-0.3, -0.25) is 0 Å². The predicted octanol–water partition coefficient (Wildman–Crippen LogP) is 3.71. The number of carbonyl (C=O) groups excluding carboxylic acids is 1. The van der Waals surface area contributed by atoms with Crippen LogP contribution in [0.1, 0.15) is 60.8 Å². The van der Waals surface area contributed by atoms with Crippen molar-refractivity contribution in [3.05, 3.63) is 0 Å². The molecule has 0 aromatic carbocycles. The highest BCUT2D eigenvalue weighted by molar-refractivity contribution is 5.86. The number of carbonyl (C=O) groups is 1. The van der Waals surface area contributed by atoms with Crippen LogP contribution in [0.2, 0.25) is 0 Å². The van der Waals surface area contributed by atoms with Crippen molar-refractivity contribution in [2.75, 3.05) is 0 Å². The lowest BCUT2D eigenvalue weighted by Gasteiger charge is -2.34. The summed E-state index contributed by atoms with van der Waals surface area (Å²) < 4.78 is 5.15. The van der Waals surface area contributed by atoms with Gasteiger partial charge in [-0.15, -0.1) is 0 Å². The van der Waals surface area contributed by atoms with E-state index in [9.17, 15) is 4.79 Å². The lowest BCUT2D eigenvalue weighted by Crippen LogP contribution is -2.33. The van der Waals surface area contributed by atoms with E-state index in [-0.39, 0.29) is 5.41 Å².